The molecule has 0 heterocycles. The first-order valence-electron chi connectivity index (χ1n) is 8.94. The van der Waals surface area contributed by atoms with E-state index in [1.165, 1.54) is 44.1 Å². The zero-order valence-corrected chi connectivity index (χ0v) is 14.0. The van der Waals surface area contributed by atoms with Crippen LogP contribution in [0.2, 0.25) is 0 Å². The number of aryl methyl sites for hydroxylation is 2. The lowest BCUT2D eigenvalue weighted by atomic mass is 9.83. The predicted molar refractivity (Wildman–Crippen MR) is 95.6 cm³/mol. The van der Waals surface area contributed by atoms with E-state index in [-0.39, 0.29) is 0 Å². The van der Waals surface area contributed by atoms with Crippen LogP contribution in [-0.4, -0.2) is 0 Å². The average Bonchev–Trinajstić information content (AvgIpc) is 2.53. The largest absolute Gasteiger partial charge is 0.0648 e. The van der Waals surface area contributed by atoms with Gasteiger partial charge in [-0.2, -0.15) is 0 Å². The SMILES string of the molecule is CCC(CCCC(C)c1ccc2c(c1)CC2)c1ccccc1. The Bertz CT molecular complexity index is 597. The van der Waals surface area contributed by atoms with Crippen molar-refractivity contribution in [2.45, 2.75) is 64.2 Å². The van der Waals surface area contributed by atoms with Crippen molar-refractivity contribution in [3.05, 3.63) is 70.8 Å². The zero-order chi connectivity index (χ0) is 15.4. The van der Waals surface area contributed by atoms with Crippen LogP contribution in [-0.2, 0) is 12.8 Å². The first-order chi connectivity index (χ1) is 10.8. The summed E-state index contributed by atoms with van der Waals surface area (Å²) in [5, 5.41) is 0. The summed E-state index contributed by atoms with van der Waals surface area (Å²) in [7, 11) is 0. The van der Waals surface area contributed by atoms with Gasteiger partial charge in [0.2, 0.25) is 0 Å². The average molecular weight is 292 g/mol. The summed E-state index contributed by atoms with van der Waals surface area (Å²) in [5.74, 6) is 1.42. The number of hydrogen-bond donors (Lipinski definition) is 0. The molecule has 0 saturated heterocycles. The van der Waals surface area contributed by atoms with Gasteiger partial charge in [0.05, 0.1) is 0 Å². The van der Waals surface area contributed by atoms with Crippen LogP contribution in [0.4, 0.5) is 0 Å². The third-order valence-electron chi connectivity index (χ3n) is 5.42. The fraction of sp³-hybridized carbons (Fsp3) is 0.455. The number of hydrogen-bond acceptors (Lipinski definition) is 0. The molecule has 0 heteroatoms. The van der Waals surface area contributed by atoms with Crippen molar-refractivity contribution in [3.8, 4) is 0 Å². The molecule has 0 radical (unpaired) electrons. The molecule has 0 aliphatic heterocycles. The van der Waals surface area contributed by atoms with Crippen LogP contribution in [0, 0.1) is 0 Å². The lowest BCUT2D eigenvalue weighted by Crippen LogP contribution is -2.09. The molecular weight excluding hydrogens is 264 g/mol. The van der Waals surface area contributed by atoms with Crippen LogP contribution in [0.5, 0.6) is 0 Å². The van der Waals surface area contributed by atoms with Crippen LogP contribution in [0.25, 0.3) is 0 Å². The highest BCUT2D eigenvalue weighted by Gasteiger charge is 2.15. The van der Waals surface area contributed by atoms with Gasteiger partial charge in [-0.15, -0.1) is 0 Å². The van der Waals surface area contributed by atoms with Crippen LogP contribution in [0.1, 0.15) is 73.6 Å². The van der Waals surface area contributed by atoms with Gasteiger partial charge in [-0.3, -0.25) is 0 Å². The van der Waals surface area contributed by atoms with Crippen LogP contribution in [0.3, 0.4) is 0 Å². The summed E-state index contributed by atoms with van der Waals surface area (Å²) >= 11 is 0. The van der Waals surface area contributed by atoms with E-state index >= 15 is 0 Å². The number of rotatable bonds is 7. The van der Waals surface area contributed by atoms with Gasteiger partial charge in [-0.1, -0.05) is 68.8 Å². The Morgan fingerprint density at radius 1 is 0.864 bits per heavy atom. The molecule has 0 amide bonds. The van der Waals surface area contributed by atoms with Gasteiger partial charge in [-0.25, -0.2) is 0 Å². The summed E-state index contributed by atoms with van der Waals surface area (Å²) < 4.78 is 0. The molecule has 0 saturated carbocycles. The molecular formula is C22H28. The van der Waals surface area contributed by atoms with Crippen molar-refractivity contribution in [2.24, 2.45) is 0 Å². The van der Waals surface area contributed by atoms with Crippen LogP contribution >= 0.6 is 0 Å². The van der Waals surface area contributed by atoms with Crippen molar-refractivity contribution in [3.63, 3.8) is 0 Å². The normalized spacial score (nSPS) is 15.7. The summed E-state index contributed by atoms with van der Waals surface area (Å²) in [5.41, 5.74) is 6.23. The second-order valence-corrected chi connectivity index (χ2v) is 6.88. The summed E-state index contributed by atoms with van der Waals surface area (Å²) in [6.07, 6.45) is 7.78. The Hall–Kier alpha value is -1.56. The van der Waals surface area contributed by atoms with Crippen molar-refractivity contribution >= 4 is 0 Å². The third-order valence-corrected chi connectivity index (χ3v) is 5.42. The molecule has 3 rings (SSSR count). The van der Waals surface area contributed by atoms with E-state index in [2.05, 4.69) is 62.4 Å². The van der Waals surface area contributed by atoms with Crippen molar-refractivity contribution in [2.75, 3.05) is 0 Å². The van der Waals surface area contributed by atoms with Crippen molar-refractivity contribution in [1.29, 1.82) is 0 Å². The molecule has 0 N–H and O–H groups in total. The van der Waals surface area contributed by atoms with Gasteiger partial charge in [0.25, 0.3) is 0 Å². The Kier molecular flexibility index (Phi) is 4.97. The molecule has 0 aromatic heterocycles. The molecule has 22 heavy (non-hydrogen) atoms. The first-order valence-corrected chi connectivity index (χ1v) is 8.94. The Balaban J connectivity index is 1.52. The minimum absolute atomic E-state index is 0.694. The van der Waals surface area contributed by atoms with Gasteiger partial charge in [0.15, 0.2) is 0 Å². The van der Waals surface area contributed by atoms with E-state index in [4.69, 9.17) is 0 Å². The van der Waals surface area contributed by atoms with E-state index in [0.717, 1.165) is 5.92 Å². The molecule has 2 atom stereocenters. The summed E-state index contributed by atoms with van der Waals surface area (Å²) in [6.45, 7) is 4.71. The molecule has 0 nitrogen and oxygen atoms in total. The standard InChI is InChI=1S/C22H28/c1-3-18(19-9-5-4-6-10-19)11-7-8-17(2)21-14-12-20-13-15-22(20)16-21/h4-6,9-10,12,14,16-18H,3,7-8,11,13,15H2,1-2H3. The molecule has 0 fully saturated rings. The van der Waals surface area contributed by atoms with E-state index in [1.807, 2.05) is 0 Å². The second kappa shape index (κ2) is 7.13. The minimum Gasteiger partial charge on any atom is -0.0648 e. The van der Waals surface area contributed by atoms with Gasteiger partial charge in [-0.05, 0) is 66.2 Å². The highest BCUT2D eigenvalue weighted by molar-refractivity contribution is 5.39. The highest BCUT2D eigenvalue weighted by atomic mass is 14.2. The first kappa shape index (κ1) is 15.3. The lowest BCUT2D eigenvalue weighted by molar-refractivity contribution is 0.529. The number of fused-ring (bicyclic) bond motifs is 1. The Labute approximate surface area is 135 Å². The topological polar surface area (TPSA) is 0 Å². The Morgan fingerprint density at radius 2 is 1.64 bits per heavy atom. The fourth-order valence-electron chi connectivity index (χ4n) is 3.69. The number of benzene rings is 2. The fourth-order valence-corrected chi connectivity index (χ4v) is 3.69. The lowest BCUT2D eigenvalue weighted by Gasteiger charge is -2.22. The van der Waals surface area contributed by atoms with Gasteiger partial charge in [0.1, 0.15) is 0 Å². The van der Waals surface area contributed by atoms with Gasteiger partial charge in [0, 0.05) is 0 Å². The van der Waals surface area contributed by atoms with Crippen molar-refractivity contribution in [1.82, 2.24) is 0 Å². The smallest absolute Gasteiger partial charge is 0.0165 e. The summed E-state index contributed by atoms with van der Waals surface area (Å²) in [6, 6.07) is 18.2. The van der Waals surface area contributed by atoms with Crippen LogP contribution in [0.15, 0.2) is 48.5 Å². The predicted octanol–water partition coefficient (Wildman–Crippen LogP) is 6.25. The molecule has 0 bridgehead atoms. The van der Waals surface area contributed by atoms with E-state index < -0.39 is 0 Å². The summed E-state index contributed by atoms with van der Waals surface area (Å²) in [4.78, 5) is 0. The maximum Gasteiger partial charge on any atom is -0.0165 e. The quantitative estimate of drug-likeness (QED) is 0.565. The monoisotopic (exact) mass is 292 g/mol. The molecule has 116 valence electrons. The van der Waals surface area contributed by atoms with E-state index in [1.54, 1.807) is 16.7 Å². The van der Waals surface area contributed by atoms with Gasteiger partial charge < -0.3 is 0 Å². The molecule has 1 aliphatic rings. The third kappa shape index (κ3) is 3.43. The van der Waals surface area contributed by atoms with Crippen molar-refractivity contribution < 1.29 is 0 Å². The zero-order valence-electron chi connectivity index (χ0n) is 14.0. The Morgan fingerprint density at radius 3 is 2.27 bits per heavy atom. The second-order valence-electron chi connectivity index (χ2n) is 6.88. The maximum absolute atomic E-state index is 2.46. The molecule has 2 aromatic carbocycles. The molecule has 2 unspecified atom stereocenters. The van der Waals surface area contributed by atoms with Crippen LogP contribution < -0.4 is 0 Å². The van der Waals surface area contributed by atoms with E-state index in [0.29, 0.717) is 5.92 Å². The highest BCUT2D eigenvalue weighted by Crippen LogP contribution is 2.31. The minimum atomic E-state index is 0.694. The molecule has 2 aromatic rings. The molecule has 1 aliphatic carbocycles. The molecule has 0 spiro atoms. The maximum atomic E-state index is 2.46. The van der Waals surface area contributed by atoms with Gasteiger partial charge >= 0.3 is 0 Å². The van der Waals surface area contributed by atoms with E-state index in [9.17, 15) is 0 Å².